The standard InChI is InChI=1S/C9H18N2O5/c1-3-11(4-5-16-2)9(15)10-6-7(12)8(13)14/h7,12H,3-6H2,1-2H3,(H,10,15)(H,13,14). The number of carbonyl (C=O) groups is 2. The number of amides is 2. The molecule has 2 amide bonds. The normalized spacial score (nSPS) is 11.9. The summed E-state index contributed by atoms with van der Waals surface area (Å²) in [5, 5.41) is 19.7. The molecule has 7 nitrogen and oxygen atoms in total. The van der Waals surface area contributed by atoms with Crippen LogP contribution >= 0.6 is 0 Å². The zero-order valence-electron chi connectivity index (χ0n) is 9.47. The van der Waals surface area contributed by atoms with E-state index in [4.69, 9.17) is 14.9 Å². The minimum atomic E-state index is -1.58. The number of ether oxygens (including phenoxy) is 1. The summed E-state index contributed by atoms with van der Waals surface area (Å²) in [5.41, 5.74) is 0. The summed E-state index contributed by atoms with van der Waals surface area (Å²) in [6.45, 7) is 2.80. The van der Waals surface area contributed by atoms with E-state index >= 15 is 0 Å². The second kappa shape index (κ2) is 7.89. The first-order valence-electron chi connectivity index (χ1n) is 4.95. The molecule has 0 aliphatic carbocycles. The van der Waals surface area contributed by atoms with Crippen molar-refractivity contribution in [3.63, 3.8) is 0 Å². The van der Waals surface area contributed by atoms with E-state index in [1.165, 1.54) is 12.0 Å². The fraction of sp³-hybridized carbons (Fsp3) is 0.778. The molecule has 3 N–H and O–H groups in total. The van der Waals surface area contributed by atoms with E-state index < -0.39 is 18.1 Å². The number of hydrogen-bond donors (Lipinski definition) is 3. The topological polar surface area (TPSA) is 99.1 Å². The van der Waals surface area contributed by atoms with Crippen LogP contribution in [0.5, 0.6) is 0 Å². The first kappa shape index (κ1) is 14.7. The molecule has 0 aromatic carbocycles. The summed E-state index contributed by atoms with van der Waals surface area (Å²) in [5.74, 6) is -1.36. The minimum Gasteiger partial charge on any atom is -0.479 e. The summed E-state index contributed by atoms with van der Waals surface area (Å²) in [4.78, 5) is 23.2. The van der Waals surface area contributed by atoms with Gasteiger partial charge in [0.05, 0.1) is 13.2 Å². The molecule has 0 saturated carbocycles. The minimum absolute atomic E-state index is 0.308. The summed E-state index contributed by atoms with van der Waals surface area (Å²) >= 11 is 0. The van der Waals surface area contributed by atoms with Crippen molar-refractivity contribution in [1.82, 2.24) is 10.2 Å². The molecule has 0 aliphatic rings. The van der Waals surface area contributed by atoms with Crippen LogP contribution in [0.3, 0.4) is 0 Å². The van der Waals surface area contributed by atoms with E-state index in [1.54, 1.807) is 6.92 Å². The van der Waals surface area contributed by atoms with E-state index in [9.17, 15) is 9.59 Å². The number of aliphatic carboxylic acids is 1. The molecule has 0 aromatic rings. The molecule has 0 aliphatic heterocycles. The van der Waals surface area contributed by atoms with Crippen molar-refractivity contribution in [2.45, 2.75) is 13.0 Å². The van der Waals surface area contributed by atoms with Gasteiger partial charge in [-0.1, -0.05) is 0 Å². The number of nitrogens with one attached hydrogen (secondary N) is 1. The molecular formula is C9H18N2O5. The van der Waals surface area contributed by atoms with Crippen LogP contribution in [-0.2, 0) is 9.53 Å². The lowest BCUT2D eigenvalue weighted by Crippen LogP contribution is -2.45. The summed E-state index contributed by atoms with van der Waals surface area (Å²) in [7, 11) is 1.53. The zero-order valence-corrected chi connectivity index (χ0v) is 9.47. The van der Waals surface area contributed by atoms with Crippen molar-refractivity contribution in [2.24, 2.45) is 0 Å². The molecular weight excluding hydrogens is 216 g/mol. The Hall–Kier alpha value is -1.34. The molecule has 94 valence electrons. The number of aliphatic hydroxyl groups excluding tert-OH is 1. The zero-order chi connectivity index (χ0) is 12.6. The molecule has 1 atom stereocenters. The molecule has 0 spiro atoms. The Balaban J connectivity index is 3.96. The number of carbonyl (C=O) groups excluding carboxylic acids is 1. The highest BCUT2D eigenvalue weighted by Gasteiger charge is 2.16. The number of methoxy groups -OCH3 is 1. The van der Waals surface area contributed by atoms with Crippen molar-refractivity contribution < 1.29 is 24.5 Å². The summed E-state index contributed by atoms with van der Waals surface area (Å²) in [6, 6.07) is -0.417. The first-order chi connectivity index (χ1) is 7.52. The van der Waals surface area contributed by atoms with Gasteiger partial charge in [-0.15, -0.1) is 0 Å². The van der Waals surface area contributed by atoms with Gasteiger partial charge in [0.1, 0.15) is 0 Å². The largest absolute Gasteiger partial charge is 0.479 e. The Morgan fingerprint density at radius 2 is 2.12 bits per heavy atom. The predicted molar refractivity (Wildman–Crippen MR) is 56.2 cm³/mol. The summed E-state index contributed by atoms with van der Waals surface area (Å²) < 4.78 is 4.82. The Labute approximate surface area is 94.0 Å². The Bertz CT molecular complexity index is 234. The van der Waals surface area contributed by atoms with Crippen LogP contribution in [0.1, 0.15) is 6.92 Å². The third-order valence-corrected chi connectivity index (χ3v) is 1.97. The number of urea groups is 1. The molecule has 0 rings (SSSR count). The SMILES string of the molecule is CCN(CCOC)C(=O)NCC(O)C(=O)O. The smallest absolute Gasteiger partial charge is 0.334 e. The molecule has 0 fully saturated rings. The van der Waals surface area contributed by atoms with Crippen LogP contribution in [0.2, 0.25) is 0 Å². The monoisotopic (exact) mass is 234 g/mol. The van der Waals surface area contributed by atoms with E-state index in [0.29, 0.717) is 19.7 Å². The third kappa shape index (κ3) is 5.52. The average Bonchev–Trinajstić information content (AvgIpc) is 2.26. The molecule has 0 aromatic heterocycles. The molecule has 0 radical (unpaired) electrons. The van der Waals surface area contributed by atoms with Gasteiger partial charge < -0.3 is 25.2 Å². The maximum absolute atomic E-state index is 11.5. The molecule has 0 bridgehead atoms. The van der Waals surface area contributed by atoms with Crippen LogP contribution in [0.4, 0.5) is 4.79 Å². The second-order valence-electron chi connectivity index (χ2n) is 3.11. The summed E-state index contributed by atoms with van der Waals surface area (Å²) in [6.07, 6.45) is -1.58. The highest BCUT2D eigenvalue weighted by Crippen LogP contribution is 1.90. The van der Waals surface area contributed by atoms with Crippen LogP contribution < -0.4 is 5.32 Å². The number of rotatable bonds is 7. The predicted octanol–water partition coefficient (Wildman–Crippen LogP) is -0.890. The average molecular weight is 234 g/mol. The maximum Gasteiger partial charge on any atom is 0.334 e. The number of carboxylic acid groups (broad SMARTS) is 1. The van der Waals surface area contributed by atoms with Gasteiger partial charge in [-0.25, -0.2) is 9.59 Å². The molecule has 0 saturated heterocycles. The van der Waals surface area contributed by atoms with Crippen molar-refractivity contribution in [3.8, 4) is 0 Å². The van der Waals surface area contributed by atoms with Crippen LogP contribution in [0.25, 0.3) is 0 Å². The van der Waals surface area contributed by atoms with E-state index in [-0.39, 0.29) is 6.54 Å². The maximum atomic E-state index is 11.5. The van der Waals surface area contributed by atoms with E-state index in [1.807, 2.05) is 0 Å². The third-order valence-electron chi connectivity index (χ3n) is 1.97. The lowest BCUT2D eigenvalue weighted by Gasteiger charge is -2.21. The van der Waals surface area contributed by atoms with Crippen LogP contribution in [0, 0.1) is 0 Å². The van der Waals surface area contributed by atoms with Crippen molar-refractivity contribution >= 4 is 12.0 Å². The fourth-order valence-corrected chi connectivity index (χ4v) is 0.988. The van der Waals surface area contributed by atoms with Gasteiger partial charge in [0.2, 0.25) is 0 Å². The van der Waals surface area contributed by atoms with Gasteiger partial charge in [-0.05, 0) is 6.92 Å². The van der Waals surface area contributed by atoms with Crippen LogP contribution in [-0.4, -0.2) is 66.6 Å². The Morgan fingerprint density at radius 3 is 2.56 bits per heavy atom. The number of nitrogens with zero attached hydrogens (tertiary/aromatic N) is 1. The lowest BCUT2D eigenvalue weighted by molar-refractivity contribution is -0.146. The van der Waals surface area contributed by atoms with Crippen molar-refractivity contribution in [3.05, 3.63) is 0 Å². The van der Waals surface area contributed by atoms with Gasteiger partial charge >= 0.3 is 12.0 Å². The van der Waals surface area contributed by atoms with Crippen molar-refractivity contribution in [1.29, 1.82) is 0 Å². The highest BCUT2D eigenvalue weighted by atomic mass is 16.5. The quantitative estimate of drug-likeness (QED) is 0.530. The first-order valence-corrected chi connectivity index (χ1v) is 4.95. The van der Waals surface area contributed by atoms with Gasteiger partial charge in [0.25, 0.3) is 0 Å². The van der Waals surface area contributed by atoms with Crippen LogP contribution in [0.15, 0.2) is 0 Å². The lowest BCUT2D eigenvalue weighted by atomic mass is 10.3. The van der Waals surface area contributed by atoms with Crippen molar-refractivity contribution in [2.75, 3.05) is 33.4 Å². The van der Waals surface area contributed by atoms with Gasteiger partial charge in [0.15, 0.2) is 6.10 Å². The van der Waals surface area contributed by atoms with Gasteiger partial charge in [-0.2, -0.15) is 0 Å². The fourth-order valence-electron chi connectivity index (χ4n) is 0.988. The van der Waals surface area contributed by atoms with E-state index in [0.717, 1.165) is 0 Å². The number of hydrogen-bond acceptors (Lipinski definition) is 4. The molecule has 1 unspecified atom stereocenters. The molecule has 7 heteroatoms. The van der Waals surface area contributed by atoms with Gasteiger partial charge in [0, 0.05) is 20.2 Å². The molecule has 0 heterocycles. The highest BCUT2D eigenvalue weighted by molar-refractivity contribution is 5.76. The number of carboxylic acids is 1. The Kier molecular flexibility index (Phi) is 7.23. The van der Waals surface area contributed by atoms with Gasteiger partial charge in [-0.3, -0.25) is 0 Å². The number of aliphatic hydroxyl groups is 1. The second-order valence-corrected chi connectivity index (χ2v) is 3.11. The Morgan fingerprint density at radius 1 is 1.50 bits per heavy atom. The molecule has 16 heavy (non-hydrogen) atoms. The number of likely N-dealkylation sites (N-methyl/N-ethyl adjacent to an activating group) is 1. The van der Waals surface area contributed by atoms with E-state index in [2.05, 4.69) is 5.32 Å².